The van der Waals surface area contributed by atoms with Gasteiger partial charge in [-0.2, -0.15) is 0 Å². The Labute approximate surface area is 113 Å². The number of rotatable bonds is 5. The average molecular weight is 286 g/mol. The van der Waals surface area contributed by atoms with Crippen molar-refractivity contribution in [2.24, 2.45) is 0 Å². The Morgan fingerprint density at radius 1 is 1.26 bits per heavy atom. The van der Waals surface area contributed by atoms with Crippen molar-refractivity contribution in [3.05, 3.63) is 29.8 Å². The Morgan fingerprint density at radius 3 is 2.32 bits per heavy atom. The number of urea groups is 1. The summed E-state index contributed by atoms with van der Waals surface area (Å²) >= 11 is 0. The van der Waals surface area contributed by atoms with E-state index in [2.05, 4.69) is 0 Å². The SMILES string of the molecule is CCON(CC)C(=O)NS(=O)(=O)c1ccc(C)cc1. The second-order valence-electron chi connectivity index (χ2n) is 3.84. The Hall–Kier alpha value is -1.60. The van der Waals surface area contributed by atoms with E-state index in [0.717, 1.165) is 10.6 Å². The molecule has 0 unspecified atom stereocenters. The van der Waals surface area contributed by atoms with E-state index in [1.807, 2.05) is 11.6 Å². The molecule has 0 aromatic heterocycles. The van der Waals surface area contributed by atoms with Gasteiger partial charge < -0.3 is 0 Å². The Balaban J connectivity index is 2.85. The summed E-state index contributed by atoms with van der Waals surface area (Å²) in [5, 5.41) is 0.964. The zero-order chi connectivity index (χ0) is 14.5. The first kappa shape index (κ1) is 15.5. The Kier molecular flexibility index (Phi) is 5.31. The first-order chi connectivity index (χ1) is 8.90. The van der Waals surface area contributed by atoms with E-state index in [-0.39, 0.29) is 18.0 Å². The molecule has 0 saturated heterocycles. The summed E-state index contributed by atoms with van der Waals surface area (Å²) in [6.45, 7) is 5.79. The maximum Gasteiger partial charge on any atom is 0.355 e. The minimum atomic E-state index is -3.87. The number of hydrogen-bond donors (Lipinski definition) is 1. The predicted octanol–water partition coefficient (Wildman–Crippen LogP) is 1.67. The molecule has 0 saturated carbocycles. The molecule has 1 N–H and O–H groups in total. The maximum atomic E-state index is 12.0. The van der Waals surface area contributed by atoms with Gasteiger partial charge in [0.2, 0.25) is 0 Å². The molecule has 0 fully saturated rings. The molecular weight excluding hydrogens is 268 g/mol. The molecule has 6 nitrogen and oxygen atoms in total. The van der Waals surface area contributed by atoms with Crippen molar-refractivity contribution < 1.29 is 18.0 Å². The van der Waals surface area contributed by atoms with Crippen molar-refractivity contribution in [2.45, 2.75) is 25.7 Å². The summed E-state index contributed by atoms with van der Waals surface area (Å²) in [5.41, 5.74) is 0.940. The molecule has 0 aliphatic heterocycles. The van der Waals surface area contributed by atoms with Crippen LogP contribution in [0, 0.1) is 6.92 Å². The highest BCUT2D eigenvalue weighted by Gasteiger charge is 2.21. The average Bonchev–Trinajstić information content (AvgIpc) is 2.35. The number of hydrogen-bond acceptors (Lipinski definition) is 4. The van der Waals surface area contributed by atoms with Gasteiger partial charge in [0.05, 0.1) is 11.5 Å². The minimum absolute atomic E-state index is 0.0407. The van der Waals surface area contributed by atoms with E-state index in [1.165, 1.54) is 12.1 Å². The first-order valence-electron chi connectivity index (χ1n) is 5.94. The molecule has 1 aromatic rings. The lowest BCUT2D eigenvalue weighted by Gasteiger charge is -2.19. The lowest BCUT2D eigenvalue weighted by atomic mass is 10.2. The van der Waals surface area contributed by atoms with Gasteiger partial charge in [-0.25, -0.2) is 23.0 Å². The van der Waals surface area contributed by atoms with Crippen LogP contribution >= 0.6 is 0 Å². The van der Waals surface area contributed by atoms with Gasteiger partial charge in [0, 0.05) is 6.54 Å². The molecule has 0 atom stereocenters. The Bertz CT molecular complexity index is 525. The van der Waals surface area contributed by atoms with Crippen LogP contribution in [0.15, 0.2) is 29.2 Å². The molecule has 1 rings (SSSR count). The van der Waals surface area contributed by atoms with E-state index < -0.39 is 16.1 Å². The van der Waals surface area contributed by atoms with E-state index in [4.69, 9.17) is 4.84 Å². The molecule has 0 heterocycles. The monoisotopic (exact) mass is 286 g/mol. The van der Waals surface area contributed by atoms with Crippen LogP contribution in [0.4, 0.5) is 4.79 Å². The molecule has 7 heteroatoms. The summed E-state index contributed by atoms with van der Waals surface area (Å²) in [5.74, 6) is 0. The summed E-state index contributed by atoms with van der Waals surface area (Å²) in [6.07, 6.45) is 0. The molecule has 0 aliphatic rings. The third kappa shape index (κ3) is 4.22. The second kappa shape index (κ2) is 6.53. The molecule has 19 heavy (non-hydrogen) atoms. The van der Waals surface area contributed by atoms with Crippen molar-refractivity contribution in [3.63, 3.8) is 0 Å². The lowest BCUT2D eigenvalue weighted by molar-refractivity contribution is -0.107. The van der Waals surface area contributed by atoms with Gasteiger partial charge >= 0.3 is 6.03 Å². The largest absolute Gasteiger partial charge is 0.355 e. The van der Waals surface area contributed by atoms with E-state index >= 15 is 0 Å². The number of nitrogens with zero attached hydrogens (tertiary/aromatic N) is 1. The highest BCUT2D eigenvalue weighted by molar-refractivity contribution is 7.90. The fraction of sp³-hybridized carbons (Fsp3) is 0.417. The Morgan fingerprint density at radius 2 is 1.84 bits per heavy atom. The highest BCUT2D eigenvalue weighted by Crippen LogP contribution is 2.10. The molecule has 0 aliphatic carbocycles. The van der Waals surface area contributed by atoms with Crippen LogP contribution in [-0.2, 0) is 14.9 Å². The normalized spacial score (nSPS) is 11.1. The third-order valence-corrected chi connectivity index (χ3v) is 3.69. The van der Waals surface area contributed by atoms with Gasteiger partial charge in [0.1, 0.15) is 0 Å². The number of sulfonamides is 1. The second-order valence-corrected chi connectivity index (χ2v) is 5.52. The standard InChI is InChI=1S/C12H18N2O4S/c1-4-14(18-5-2)12(15)13-19(16,17)11-8-6-10(3)7-9-11/h6-9H,4-5H2,1-3H3,(H,13,15). The van der Waals surface area contributed by atoms with E-state index in [1.54, 1.807) is 26.0 Å². The summed E-state index contributed by atoms with van der Waals surface area (Å²) in [6, 6.07) is 5.42. The maximum absolute atomic E-state index is 12.0. The number of aryl methyl sites for hydroxylation is 1. The molecule has 106 valence electrons. The highest BCUT2D eigenvalue weighted by atomic mass is 32.2. The van der Waals surface area contributed by atoms with Gasteiger partial charge in [-0.05, 0) is 32.9 Å². The number of carbonyl (C=O) groups is 1. The quantitative estimate of drug-likeness (QED) is 0.835. The zero-order valence-electron chi connectivity index (χ0n) is 11.2. The van der Waals surface area contributed by atoms with Crippen LogP contribution in [-0.4, -0.2) is 32.7 Å². The number of carbonyl (C=O) groups excluding carboxylic acids is 1. The summed E-state index contributed by atoms with van der Waals surface area (Å²) in [4.78, 5) is 16.8. The molecule has 0 radical (unpaired) electrons. The van der Waals surface area contributed by atoms with Crippen LogP contribution < -0.4 is 4.72 Å². The number of amides is 2. The van der Waals surface area contributed by atoms with E-state index in [9.17, 15) is 13.2 Å². The van der Waals surface area contributed by atoms with Crippen LogP contribution in [0.25, 0.3) is 0 Å². The fourth-order valence-corrected chi connectivity index (χ4v) is 2.34. The smallest absolute Gasteiger partial charge is 0.270 e. The number of benzene rings is 1. The van der Waals surface area contributed by atoms with Crippen LogP contribution in [0.3, 0.4) is 0 Å². The van der Waals surface area contributed by atoms with Crippen LogP contribution in [0.2, 0.25) is 0 Å². The predicted molar refractivity (Wildman–Crippen MR) is 70.9 cm³/mol. The molecule has 2 amide bonds. The van der Waals surface area contributed by atoms with Crippen molar-refractivity contribution >= 4 is 16.1 Å². The van der Waals surface area contributed by atoms with Gasteiger partial charge in [-0.1, -0.05) is 17.7 Å². The zero-order valence-corrected chi connectivity index (χ0v) is 12.0. The van der Waals surface area contributed by atoms with Gasteiger partial charge in [-0.15, -0.1) is 0 Å². The van der Waals surface area contributed by atoms with Gasteiger partial charge in [-0.3, -0.25) is 4.84 Å². The van der Waals surface area contributed by atoms with Gasteiger partial charge in [0.15, 0.2) is 0 Å². The van der Waals surface area contributed by atoms with E-state index in [0.29, 0.717) is 0 Å². The summed E-state index contributed by atoms with van der Waals surface area (Å²) < 4.78 is 25.9. The molecular formula is C12H18N2O4S. The summed E-state index contributed by atoms with van der Waals surface area (Å²) in [7, 11) is -3.87. The number of hydroxylamine groups is 2. The lowest BCUT2D eigenvalue weighted by Crippen LogP contribution is -2.42. The molecule has 1 aromatic carbocycles. The van der Waals surface area contributed by atoms with Crippen LogP contribution in [0.5, 0.6) is 0 Å². The fourth-order valence-electron chi connectivity index (χ4n) is 1.39. The van der Waals surface area contributed by atoms with Crippen molar-refractivity contribution in [2.75, 3.05) is 13.2 Å². The third-order valence-electron chi connectivity index (χ3n) is 2.35. The molecule has 0 spiro atoms. The molecule has 0 bridgehead atoms. The van der Waals surface area contributed by atoms with Crippen molar-refractivity contribution in [1.29, 1.82) is 0 Å². The first-order valence-corrected chi connectivity index (χ1v) is 7.43. The van der Waals surface area contributed by atoms with Crippen molar-refractivity contribution in [3.8, 4) is 0 Å². The minimum Gasteiger partial charge on any atom is -0.270 e. The van der Waals surface area contributed by atoms with Crippen molar-refractivity contribution in [1.82, 2.24) is 9.79 Å². The topological polar surface area (TPSA) is 75.7 Å². The van der Waals surface area contributed by atoms with Gasteiger partial charge in [0.25, 0.3) is 10.0 Å². The number of nitrogens with one attached hydrogen (secondary N) is 1. The van der Waals surface area contributed by atoms with Crippen LogP contribution in [0.1, 0.15) is 19.4 Å².